The van der Waals surface area contributed by atoms with E-state index in [1.54, 1.807) is 0 Å². The van der Waals surface area contributed by atoms with Crippen molar-refractivity contribution in [3.8, 4) is 0 Å². The molecule has 112 valence electrons. The van der Waals surface area contributed by atoms with E-state index in [1.807, 2.05) is 0 Å². The normalized spacial score (nSPS) is 18.3. The van der Waals surface area contributed by atoms with Crippen LogP contribution in [0.15, 0.2) is 22.7 Å². The van der Waals surface area contributed by atoms with Crippen LogP contribution in [0.4, 0.5) is 5.69 Å². The van der Waals surface area contributed by atoms with Crippen molar-refractivity contribution in [3.05, 3.63) is 28.2 Å². The Kier molecular flexibility index (Phi) is 5.87. The Morgan fingerprint density at radius 1 is 1.20 bits per heavy atom. The van der Waals surface area contributed by atoms with E-state index in [4.69, 9.17) is 5.73 Å². The minimum absolute atomic E-state index is 0.265. The lowest BCUT2D eigenvalue weighted by molar-refractivity contribution is 0.271. The van der Waals surface area contributed by atoms with Gasteiger partial charge in [0, 0.05) is 36.7 Å². The van der Waals surface area contributed by atoms with Gasteiger partial charge in [0.05, 0.1) is 5.69 Å². The molecular formula is C16H26BrN3. The molecule has 0 amide bonds. The summed E-state index contributed by atoms with van der Waals surface area (Å²) in [5, 5.41) is 0. The molecule has 1 aromatic carbocycles. The van der Waals surface area contributed by atoms with Crippen molar-refractivity contribution in [2.75, 3.05) is 37.6 Å². The van der Waals surface area contributed by atoms with Gasteiger partial charge in [-0.05, 0) is 53.0 Å². The molecule has 1 saturated heterocycles. The number of rotatable bonds is 5. The van der Waals surface area contributed by atoms with E-state index < -0.39 is 0 Å². The van der Waals surface area contributed by atoms with Gasteiger partial charge >= 0.3 is 0 Å². The first-order valence-corrected chi connectivity index (χ1v) is 8.44. The van der Waals surface area contributed by atoms with E-state index in [1.165, 1.54) is 15.7 Å². The minimum atomic E-state index is 0.265. The summed E-state index contributed by atoms with van der Waals surface area (Å²) in [6.45, 7) is 10.1. The molecule has 0 bridgehead atoms. The molecule has 0 spiro atoms. The average molecular weight is 340 g/mol. The maximum atomic E-state index is 6.04. The van der Waals surface area contributed by atoms with Gasteiger partial charge in [-0.25, -0.2) is 0 Å². The minimum Gasteiger partial charge on any atom is -0.368 e. The Morgan fingerprint density at radius 3 is 2.45 bits per heavy atom. The number of anilines is 1. The van der Waals surface area contributed by atoms with Crippen LogP contribution in [0, 0.1) is 0 Å². The number of likely N-dealkylation sites (N-methyl/N-ethyl adjacent to an activating group) is 1. The molecule has 1 unspecified atom stereocenters. The van der Waals surface area contributed by atoms with Crippen molar-refractivity contribution in [1.29, 1.82) is 0 Å². The van der Waals surface area contributed by atoms with E-state index in [0.717, 1.165) is 45.6 Å². The molecule has 1 aliphatic rings. The third kappa shape index (κ3) is 3.96. The number of nitrogens with two attached hydrogens (primary N) is 1. The Labute approximate surface area is 131 Å². The summed E-state index contributed by atoms with van der Waals surface area (Å²) in [6.07, 6.45) is 1.98. The molecule has 0 aliphatic carbocycles. The standard InChI is InChI=1S/C16H26BrN3/c1-3-14(18)11-13-5-6-16(15(17)12-13)20-9-7-19(4-2)8-10-20/h5-6,12,14H,3-4,7-11,18H2,1-2H3. The van der Waals surface area contributed by atoms with Gasteiger partial charge in [0.1, 0.15) is 0 Å². The first-order valence-electron chi connectivity index (χ1n) is 7.65. The maximum Gasteiger partial charge on any atom is 0.0511 e. The molecule has 1 atom stereocenters. The van der Waals surface area contributed by atoms with Gasteiger partial charge < -0.3 is 15.5 Å². The highest BCUT2D eigenvalue weighted by atomic mass is 79.9. The van der Waals surface area contributed by atoms with Crippen LogP contribution < -0.4 is 10.6 Å². The summed E-state index contributed by atoms with van der Waals surface area (Å²) in [6, 6.07) is 6.96. The molecule has 4 heteroatoms. The van der Waals surface area contributed by atoms with Crippen molar-refractivity contribution in [2.24, 2.45) is 5.73 Å². The third-order valence-electron chi connectivity index (χ3n) is 4.19. The van der Waals surface area contributed by atoms with Gasteiger partial charge in [-0.3, -0.25) is 0 Å². The third-order valence-corrected chi connectivity index (χ3v) is 4.83. The zero-order chi connectivity index (χ0) is 14.5. The van der Waals surface area contributed by atoms with Crippen LogP contribution in [0.25, 0.3) is 0 Å². The Bertz CT molecular complexity index is 428. The van der Waals surface area contributed by atoms with Crippen LogP contribution in [0.2, 0.25) is 0 Å². The highest BCUT2D eigenvalue weighted by molar-refractivity contribution is 9.10. The van der Waals surface area contributed by atoms with E-state index in [0.29, 0.717) is 0 Å². The molecule has 1 aliphatic heterocycles. The molecule has 0 saturated carbocycles. The first kappa shape index (κ1) is 15.8. The second-order valence-electron chi connectivity index (χ2n) is 5.58. The van der Waals surface area contributed by atoms with Gasteiger partial charge in [-0.1, -0.05) is 19.9 Å². The predicted octanol–water partition coefficient (Wildman–Crippen LogP) is 2.87. The molecule has 2 N–H and O–H groups in total. The molecular weight excluding hydrogens is 314 g/mol. The summed E-state index contributed by atoms with van der Waals surface area (Å²) < 4.78 is 1.20. The number of hydrogen-bond donors (Lipinski definition) is 1. The fourth-order valence-electron chi connectivity index (χ4n) is 2.69. The van der Waals surface area contributed by atoms with E-state index in [-0.39, 0.29) is 6.04 Å². The zero-order valence-corrected chi connectivity index (χ0v) is 14.2. The van der Waals surface area contributed by atoms with Crippen LogP contribution in [0.1, 0.15) is 25.8 Å². The fourth-order valence-corrected chi connectivity index (χ4v) is 3.36. The van der Waals surface area contributed by atoms with Crippen LogP contribution in [-0.4, -0.2) is 43.7 Å². The van der Waals surface area contributed by atoms with Gasteiger partial charge in [0.15, 0.2) is 0 Å². The largest absolute Gasteiger partial charge is 0.368 e. The molecule has 3 nitrogen and oxygen atoms in total. The molecule has 0 aromatic heterocycles. The Balaban J connectivity index is 2.03. The van der Waals surface area contributed by atoms with Crippen molar-refractivity contribution in [2.45, 2.75) is 32.7 Å². The lowest BCUT2D eigenvalue weighted by Crippen LogP contribution is -2.46. The van der Waals surface area contributed by atoms with Crippen LogP contribution in [0.3, 0.4) is 0 Å². The second kappa shape index (κ2) is 7.43. The SMILES string of the molecule is CCC(N)Cc1ccc(N2CCN(CC)CC2)c(Br)c1. The predicted molar refractivity (Wildman–Crippen MR) is 90.4 cm³/mol. The van der Waals surface area contributed by atoms with Gasteiger partial charge in [0.25, 0.3) is 0 Å². The van der Waals surface area contributed by atoms with Crippen LogP contribution in [0.5, 0.6) is 0 Å². The molecule has 20 heavy (non-hydrogen) atoms. The maximum absolute atomic E-state index is 6.04. The molecule has 1 heterocycles. The summed E-state index contributed by atoms with van der Waals surface area (Å²) in [5.74, 6) is 0. The van der Waals surface area contributed by atoms with E-state index in [9.17, 15) is 0 Å². The Hall–Kier alpha value is -0.580. The van der Waals surface area contributed by atoms with Crippen molar-refractivity contribution < 1.29 is 0 Å². The average Bonchev–Trinajstić information content (AvgIpc) is 2.47. The van der Waals surface area contributed by atoms with Crippen molar-refractivity contribution in [3.63, 3.8) is 0 Å². The first-order chi connectivity index (χ1) is 9.63. The van der Waals surface area contributed by atoms with E-state index in [2.05, 4.69) is 57.8 Å². The number of piperazine rings is 1. The second-order valence-corrected chi connectivity index (χ2v) is 6.43. The lowest BCUT2D eigenvalue weighted by Gasteiger charge is -2.36. The topological polar surface area (TPSA) is 32.5 Å². The highest BCUT2D eigenvalue weighted by Gasteiger charge is 2.17. The smallest absolute Gasteiger partial charge is 0.0511 e. The van der Waals surface area contributed by atoms with Gasteiger partial charge in [-0.15, -0.1) is 0 Å². The monoisotopic (exact) mass is 339 g/mol. The van der Waals surface area contributed by atoms with Crippen LogP contribution in [-0.2, 0) is 6.42 Å². The zero-order valence-electron chi connectivity index (χ0n) is 12.6. The molecule has 1 fully saturated rings. The van der Waals surface area contributed by atoms with Crippen molar-refractivity contribution >= 4 is 21.6 Å². The summed E-state index contributed by atoms with van der Waals surface area (Å²) in [5.41, 5.74) is 8.67. The summed E-state index contributed by atoms with van der Waals surface area (Å²) >= 11 is 3.73. The highest BCUT2D eigenvalue weighted by Crippen LogP contribution is 2.28. The molecule has 1 aromatic rings. The molecule has 2 rings (SSSR count). The van der Waals surface area contributed by atoms with E-state index >= 15 is 0 Å². The van der Waals surface area contributed by atoms with Gasteiger partial charge in [0.2, 0.25) is 0 Å². The van der Waals surface area contributed by atoms with Gasteiger partial charge in [-0.2, -0.15) is 0 Å². The number of halogens is 1. The lowest BCUT2D eigenvalue weighted by atomic mass is 10.0. The molecule has 0 radical (unpaired) electrons. The summed E-state index contributed by atoms with van der Waals surface area (Å²) in [4.78, 5) is 4.97. The number of nitrogens with zero attached hydrogens (tertiary/aromatic N) is 2. The fraction of sp³-hybridized carbons (Fsp3) is 0.625. The Morgan fingerprint density at radius 2 is 1.90 bits per heavy atom. The quantitative estimate of drug-likeness (QED) is 0.895. The van der Waals surface area contributed by atoms with Crippen LogP contribution >= 0.6 is 15.9 Å². The number of benzene rings is 1. The number of hydrogen-bond acceptors (Lipinski definition) is 3. The summed E-state index contributed by atoms with van der Waals surface area (Å²) in [7, 11) is 0. The van der Waals surface area contributed by atoms with Crippen molar-refractivity contribution in [1.82, 2.24) is 4.90 Å².